The molecule has 2 rings (SSSR count). The van der Waals surface area contributed by atoms with Crippen LogP contribution in [0, 0.1) is 0 Å². The number of esters is 1. The van der Waals surface area contributed by atoms with E-state index in [2.05, 4.69) is 6.92 Å². The van der Waals surface area contributed by atoms with Gasteiger partial charge < -0.3 is 13.7 Å². The van der Waals surface area contributed by atoms with E-state index in [-0.39, 0.29) is 12.0 Å². The van der Waals surface area contributed by atoms with Crippen molar-refractivity contribution >= 4 is 17.3 Å². The lowest BCUT2D eigenvalue weighted by Gasteiger charge is -2.26. The molecule has 1 aliphatic heterocycles. The van der Waals surface area contributed by atoms with E-state index in [0.717, 1.165) is 18.4 Å². The van der Waals surface area contributed by atoms with Gasteiger partial charge in [0.25, 0.3) is 0 Å². The summed E-state index contributed by atoms with van der Waals surface area (Å²) in [5.74, 6) is 0.258. The number of unbranched alkanes of at least 4 members (excludes halogenated alkanes) is 1. The molecular weight excluding hydrogens is 290 g/mol. The third kappa shape index (κ3) is 3.70. The fraction of sp³-hybridized carbons (Fsp3) is 0.533. The van der Waals surface area contributed by atoms with Crippen LogP contribution in [-0.2, 0) is 20.9 Å². The summed E-state index contributed by atoms with van der Waals surface area (Å²) in [4.78, 5) is 12.1. The van der Waals surface area contributed by atoms with Gasteiger partial charge in [-0.05, 0) is 19.4 Å². The van der Waals surface area contributed by atoms with E-state index in [0.29, 0.717) is 24.5 Å². The van der Waals surface area contributed by atoms with E-state index in [4.69, 9.17) is 9.15 Å². The van der Waals surface area contributed by atoms with Crippen LogP contribution in [0.2, 0.25) is 0 Å². The monoisotopic (exact) mass is 311 g/mol. The Labute approximate surface area is 128 Å². The van der Waals surface area contributed by atoms with Crippen molar-refractivity contribution in [1.82, 2.24) is 4.31 Å². The molecule has 0 saturated heterocycles. The third-order valence-corrected chi connectivity index (χ3v) is 4.90. The van der Waals surface area contributed by atoms with Crippen molar-refractivity contribution in [2.75, 3.05) is 18.9 Å². The number of hydrogen-bond donors (Lipinski definition) is 0. The lowest BCUT2D eigenvalue weighted by atomic mass is 10.0. The molecule has 0 unspecified atom stereocenters. The number of ether oxygens (including phenoxy) is 1. The first kappa shape index (κ1) is 16.1. The minimum Gasteiger partial charge on any atom is -0.598 e. The zero-order valence-electron chi connectivity index (χ0n) is 12.4. The molecule has 1 aromatic heterocycles. The number of nitrogens with zero attached hydrogens (tertiary/aromatic N) is 1. The number of rotatable bonds is 7. The van der Waals surface area contributed by atoms with Gasteiger partial charge in [-0.15, -0.1) is 4.31 Å². The van der Waals surface area contributed by atoms with Crippen molar-refractivity contribution in [2.45, 2.75) is 32.7 Å². The molecule has 21 heavy (non-hydrogen) atoms. The van der Waals surface area contributed by atoms with E-state index < -0.39 is 11.4 Å². The van der Waals surface area contributed by atoms with Crippen LogP contribution >= 0.6 is 0 Å². The van der Waals surface area contributed by atoms with Crippen LogP contribution in [0.4, 0.5) is 0 Å². The van der Waals surface area contributed by atoms with Crippen molar-refractivity contribution in [3.8, 4) is 0 Å². The second-order valence-electron chi connectivity index (χ2n) is 4.82. The molecule has 2 heterocycles. The fourth-order valence-electron chi connectivity index (χ4n) is 2.33. The number of carbonyl (C=O) groups excluding carboxylic acids is 1. The molecule has 0 radical (unpaired) electrons. The van der Waals surface area contributed by atoms with Gasteiger partial charge in [-0.25, -0.2) is 4.79 Å². The fourth-order valence-corrected chi connectivity index (χ4v) is 3.81. The number of furan rings is 1. The second kappa shape index (κ2) is 7.68. The lowest BCUT2D eigenvalue weighted by Crippen LogP contribution is -2.35. The van der Waals surface area contributed by atoms with Gasteiger partial charge >= 0.3 is 5.97 Å². The Bertz CT molecular complexity index is 486. The molecule has 116 valence electrons. The first-order chi connectivity index (χ1) is 10.2. The highest BCUT2D eigenvalue weighted by Crippen LogP contribution is 2.36. The molecule has 0 bridgehead atoms. The second-order valence-corrected chi connectivity index (χ2v) is 6.34. The van der Waals surface area contributed by atoms with E-state index in [1.807, 2.05) is 4.31 Å². The maximum Gasteiger partial charge on any atom is 0.335 e. The van der Waals surface area contributed by atoms with Crippen LogP contribution < -0.4 is 0 Å². The molecular formula is C15H21NO4S. The molecule has 0 aromatic carbocycles. The summed E-state index contributed by atoms with van der Waals surface area (Å²) in [6.45, 7) is 4.65. The zero-order chi connectivity index (χ0) is 15.2. The van der Waals surface area contributed by atoms with Crippen LogP contribution in [0.3, 0.4) is 0 Å². The van der Waals surface area contributed by atoms with Crippen molar-refractivity contribution in [1.29, 1.82) is 0 Å². The molecule has 1 aliphatic rings. The molecule has 0 fully saturated rings. The average Bonchev–Trinajstić information content (AvgIpc) is 3.12. The third-order valence-electron chi connectivity index (χ3n) is 3.38. The Morgan fingerprint density at radius 3 is 3.00 bits per heavy atom. The highest BCUT2D eigenvalue weighted by molar-refractivity contribution is 7.89. The Hall–Kier alpha value is -1.24. The van der Waals surface area contributed by atoms with Gasteiger partial charge in [-0.3, -0.25) is 0 Å². The van der Waals surface area contributed by atoms with Gasteiger partial charge in [0.05, 0.1) is 31.3 Å². The van der Waals surface area contributed by atoms with E-state index in [9.17, 15) is 9.35 Å². The maximum atomic E-state index is 12.5. The zero-order valence-corrected chi connectivity index (χ0v) is 13.2. The maximum absolute atomic E-state index is 12.5. The molecule has 0 amide bonds. The van der Waals surface area contributed by atoms with Gasteiger partial charge in [0.15, 0.2) is 0 Å². The summed E-state index contributed by atoms with van der Waals surface area (Å²) in [7, 11) is 0. The van der Waals surface area contributed by atoms with Crippen molar-refractivity contribution < 1.29 is 18.5 Å². The smallest absolute Gasteiger partial charge is 0.335 e. The Kier molecular flexibility index (Phi) is 5.90. The molecule has 0 aliphatic carbocycles. The first-order valence-corrected chi connectivity index (χ1v) is 8.51. The number of carbonyl (C=O) groups is 1. The predicted molar refractivity (Wildman–Crippen MR) is 80.8 cm³/mol. The molecule has 1 aromatic rings. The Balaban J connectivity index is 2.18. The van der Waals surface area contributed by atoms with Gasteiger partial charge in [-0.1, -0.05) is 19.4 Å². The lowest BCUT2D eigenvalue weighted by molar-refractivity contribution is -0.138. The average molecular weight is 311 g/mol. The highest BCUT2D eigenvalue weighted by atomic mass is 32.2. The van der Waals surface area contributed by atoms with Crippen LogP contribution in [0.25, 0.3) is 0 Å². The van der Waals surface area contributed by atoms with Gasteiger partial charge in [0.1, 0.15) is 11.8 Å². The van der Waals surface area contributed by atoms with E-state index in [1.54, 1.807) is 31.6 Å². The van der Waals surface area contributed by atoms with Crippen LogP contribution in [0.1, 0.15) is 38.3 Å². The molecule has 0 saturated carbocycles. The molecule has 2 atom stereocenters. The van der Waals surface area contributed by atoms with Gasteiger partial charge in [0.2, 0.25) is 0 Å². The van der Waals surface area contributed by atoms with Gasteiger partial charge in [-0.2, -0.15) is 0 Å². The van der Waals surface area contributed by atoms with Crippen molar-refractivity contribution in [3.63, 3.8) is 0 Å². The summed E-state index contributed by atoms with van der Waals surface area (Å²) in [6.07, 6.45) is 6.85. The predicted octanol–water partition coefficient (Wildman–Crippen LogP) is 2.59. The van der Waals surface area contributed by atoms with Crippen molar-refractivity contribution in [2.24, 2.45) is 0 Å². The number of hydrogen-bond acceptors (Lipinski definition) is 5. The van der Waals surface area contributed by atoms with Crippen molar-refractivity contribution in [3.05, 3.63) is 35.8 Å². The first-order valence-electron chi connectivity index (χ1n) is 7.23. The highest BCUT2D eigenvalue weighted by Gasteiger charge is 2.40. The minimum atomic E-state index is -1.12. The summed E-state index contributed by atoms with van der Waals surface area (Å²) >= 11 is -1.12. The molecule has 0 N–H and O–H groups in total. The molecule has 6 heteroatoms. The largest absolute Gasteiger partial charge is 0.598 e. The van der Waals surface area contributed by atoms with Gasteiger partial charge in [0, 0.05) is 16.9 Å². The van der Waals surface area contributed by atoms with Crippen LogP contribution in [0.5, 0.6) is 0 Å². The van der Waals surface area contributed by atoms with E-state index in [1.165, 1.54) is 0 Å². The van der Waals surface area contributed by atoms with E-state index >= 15 is 0 Å². The van der Waals surface area contributed by atoms with Crippen LogP contribution in [-0.4, -0.2) is 33.7 Å². The topological polar surface area (TPSA) is 65.7 Å². The quantitative estimate of drug-likeness (QED) is 0.572. The normalized spacial score (nSPS) is 20.3. The Morgan fingerprint density at radius 1 is 1.57 bits per heavy atom. The Morgan fingerprint density at radius 2 is 2.38 bits per heavy atom. The summed E-state index contributed by atoms with van der Waals surface area (Å²) in [5.41, 5.74) is 1.37. The standard InChI is InChI=1S/C15H21NO4S/c1-3-5-10-21(18)16-8-6-13(15(17)20-4-2)14(16)12-7-9-19-11-12/h6-7,9,11,14H,3-5,8,10H2,1-2H3/t14-,21-/m0/s1. The minimum absolute atomic E-state index is 0.327. The van der Waals surface area contributed by atoms with Crippen LogP contribution in [0.15, 0.2) is 34.7 Å². The summed E-state index contributed by atoms with van der Waals surface area (Å²) in [6, 6.07) is 1.45. The summed E-state index contributed by atoms with van der Waals surface area (Å²) in [5, 5.41) is 0. The molecule has 5 nitrogen and oxygen atoms in total. The summed E-state index contributed by atoms with van der Waals surface area (Å²) < 4.78 is 24.5. The molecule has 0 spiro atoms. The SMILES string of the molecule is CCCC[S@+]([O-])N1CC=C(C(=O)OCC)[C@@H]1c1ccoc1.